The number of aliphatic hydroxyl groups is 1. The minimum Gasteiger partial charge on any atom is -0.385 e. The maximum absolute atomic E-state index is 13.3. The van der Waals surface area contributed by atoms with Crippen LogP contribution in [0.3, 0.4) is 0 Å². The third-order valence-electron chi connectivity index (χ3n) is 4.10. The van der Waals surface area contributed by atoms with Crippen LogP contribution in [0.1, 0.15) is 49.3 Å². The van der Waals surface area contributed by atoms with Gasteiger partial charge in [-0.1, -0.05) is 31.4 Å². The van der Waals surface area contributed by atoms with Crippen molar-refractivity contribution in [1.82, 2.24) is 0 Å². The van der Waals surface area contributed by atoms with Crippen LogP contribution < -0.4 is 0 Å². The molecule has 2 nitrogen and oxygen atoms in total. The quantitative estimate of drug-likeness (QED) is 0.892. The fourth-order valence-electron chi connectivity index (χ4n) is 2.88. The molecular weight excluding hydrogens is 231 g/mol. The molecule has 1 N–H and O–H groups in total. The molecule has 1 aliphatic carbocycles. The van der Waals surface area contributed by atoms with Crippen LogP contribution in [-0.4, -0.2) is 17.8 Å². The van der Waals surface area contributed by atoms with Gasteiger partial charge >= 0.3 is 0 Å². The Labute approximate surface area is 108 Å². The lowest BCUT2D eigenvalue weighted by atomic mass is 9.78. The van der Waals surface area contributed by atoms with Crippen molar-refractivity contribution < 1.29 is 14.2 Å². The van der Waals surface area contributed by atoms with E-state index in [0.29, 0.717) is 5.56 Å². The molecule has 3 heteroatoms. The molecule has 0 amide bonds. The van der Waals surface area contributed by atoms with Gasteiger partial charge in [0.1, 0.15) is 11.9 Å². The minimum absolute atomic E-state index is 0.235. The molecule has 18 heavy (non-hydrogen) atoms. The molecule has 1 saturated carbocycles. The minimum atomic E-state index is -0.679. The molecule has 0 heterocycles. The van der Waals surface area contributed by atoms with Crippen molar-refractivity contribution in [2.75, 3.05) is 7.11 Å². The summed E-state index contributed by atoms with van der Waals surface area (Å²) in [4.78, 5) is 0. The average molecular weight is 252 g/mol. The fraction of sp³-hybridized carbons (Fsp3) is 0.600. The first-order valence-corrected chi connectivity index (χ1v) is 6.58. The molecule has 1 atom stereocenters. The Kier molecular flexibility index (Phi) is 4.03. The predicted octanol–water partition coefficient (Wildman–Crippen LogP) is 3.52. The largest absolute Gasteiger partial charge is 0.385 e. The summed E-state index contributed by atoms with van der Waals surface area (Å²) in [7, 11) is 1.66. The SMILES string of the molecule is COC1(C(O)c2ccc(F)c(C)c2)CCCCC1. The second-order valence-electron chi connectivity index (χ2n) is 5.24. The summed E-state index contributed by atoms with van der Waals surface area (Å²) in [6.45, 7) is 1.71. The van der Waals surface area contributed by atoms with E-state index in [9.17, 15) is 9.50 Å². The second kappa shape index (κ2) is 5.37. The molecule has 0 radical (unpaired) electrons. The molecule has 0 aliphatic heterocycles. The lowest BCUT2D eigenvalue weighted by Crippen LogP contribution is -2.40. The van der Waals surface area contributed by atoms with Crippen molar-refractivity contribution >= 4 is 0 Å². The van der Waals surface area contributed by atoms with Gasteiger partial charge in [0.25, 0.3) is 0 Å². The average Bonchev–Trinajstić information content (AvgIpc) is 2.42. The first-order chi connectivity index (χ1) is 8.59. The van der Waals surface area contributed by atoms with E-state index in [-0.39, 0.29) is 5.82 Å². The van der Waals surface area contributed by atoms with E-state index in [1.165, 1.54) is 12.5 Å². The van der Waals surface area contributed by atoms with Crippen molar-refractivity contribution in [1.29, 1.82) is 0 Å². The number of aryl methyl sites for hydroxylation is 1. The lowest BCUT2D eigenvalue weighted by Gasteiger charge is -2.40. The molecule has 1 aromatic rings. The van der Waals surface area contributed by atoms with Crippen LogP contribution in [0.2, 0.25) is 0 Å². The Bertz CT molecular complexity index is 411. The highest BCUT2D eigenvalue weighted by molar-refractivity contribution is 5.27. The van der Waals surface area contributed by atoms with Gasteiger partial charge in [-0.2, -0.15) is 0 Å². The topological polar surface area (TPSA) is 29.5 Å². The number of benzene rings is 1. The fourth-order valence-corrected chi connectivity index (χ4v) is 2.88. The van der Waals surface area contributed by atoms with Crippen molar-refractivity contribution in [3.05, 3.63) is 35.1 Å². The zero-order chi connectivity index (χ0) is 13.2. The summed E-state index contributed by atoms with van der Waals surface area (Å²) in [5, 5.41) is 10.6. The summed E-state index contributed by atoms with van der Waals surface area (Å²) < 4.78 is 18.9. The van der Waals surface area contributed by atoms with E-state index in [1.54, 1.807) is 26.2 Å². The van der Waals surface area contributed by atoms with Crippen LogP contribution in [0.5, 0.6) is 0 Å². The smallest absolute Gasteiger partial charge is 0.126 e. The molecule has 1 aliphatic rings. The van der Waals surface area contributed by atoms with Crippen LogP contribution in [0, 0.1) is 12.7 Å². The first kappa shape index (κ1) is 13.5. The third kappa shape index (κ3) is 2.43. The van der Waals surface area contributed by atoms with Crippen LogP contribution in [-0.2, 0) is 4.74 Å². The number of aliphatic hydroxyl groups excluding tert-OH is 1. The molecule has 1 unspecified atom stereocenters. The van der Waals surface area contributed by atoms with Gasteiger partial charge in [0, 0.05) is 7.11 Å². The summed E-state index contributed by atoms with van der Waals surface area (Å²) in [5.74, 6) is -0.235. The van der Waals surface area contributed by atoms with Gasteiger partial charge in [-0.05, 0) is 37.0 Å². The van der Waals surface area contributed by atoms with Crippen LogP contribution in [0.4, 0.5) is 4.39 Å². The van der Waals surface area contributed by atoms with E-state index >= 15 is 0 Å². The zero-order valence-electron chi connectivity index (χ0n) is 11.1. The highest BCUT2D eigenvalue weighted by Crippen LogP contribution is 2.41. The van der Waals surface area contributed by atoms with Crippen molar-refractivity contribution in [3.63, 3.8) is 0 Å². The van der Waals surface area contributed by atoms with Crippen LogP contribution in [0.25, 0.3) is 0 Å². The van der Waals surface area contributed by atoms with Crippen molar-refractivity contribution in [3.8, 4) is 0 Å². The van der Waals surface area contributed by atoms with E-state index in [1.807, 2.05) is 0 Å². The predicted molar refractivity (Wildman–Crippen MR) is 68.9 cm³/mol. The molecule has 1 aromatic carbocycles. The van der Waals surface area contributed by atoms with Crippen LogP contribution >= 0.6 is 0 Å². The Balaban J connectivity index is 2.27. The summed E-state index contributed by atoms with van der Waals surface area (Å²) in [6, 6.07) is 4.79. The number of rotatable bonds is 3. The first-order valence-electron chi connectivity index (χ1n) is 6.58. The Morgan fingerprint density at radius 3 is 2.50 bits per heavy atom. The number of ether oxygens (including phenoxy) is 1. The monoisotopic (exact) mass is 252 g/mol. The van der Waals surface area contributed by atoms with E-state index in [0.717, 1.165) is 31.2 Å². The van der Waals surface area contributed by atoms with Gasteiger partial charge in [0.15, 0.2) is 0 Å². The molecule has 0 spiro atoms. The Morgan fingerprint density at radius 1 is 1.28 bits per heavy atom. The summed E-state index contributed by atoms with van der Waals surface area (Å²) in [5.41, 5.74) is 0.814. The normalized spacial score (nSPS) is 20.7. The maximum atomic E-state index is 13.3. The standard InChI is InChI=1S/C15H21FO2/c1-11-10-12(6-7-13(11)16)14(17)15(18-2)8-4-3-5-9-15/h6-7,10,14,17H,3-5,8-9H2,1-2H3. The van der Waals surface area contributed by atoms with E-state index < -0.39 is 11.7 Å². The van der Waals surface area contributed by atoms with Crippen LogP contribution in [0.15, 0.2) is 18.2 Å². The van der Waals surface area contributed by atoms with Gasteiger partial charge < -0.3 is 9.84 Å². The van der Waals surface area contributed by atoms with E-state index in [2.05, 4.69) is 0 Å². The van der Waals surface area contributed by atoms with E-state index in [4.69, 9.17) is 4.74 Å². The highest BCUT2D eigenvalue weighted by Gasteiger charge is 2.40. The third-order valence-corrected chi connectivity index (χ3v) is 4.10. The molecule has 2 rings (SSSR count). The molecule has 0 saturated heterocycles. The summed E-state index contributed by atoms with van der Waals surface area (Å²) in [6.07, 6.45) is 4.39. The molecule has 0 aromatic heterocycles. The van der Waals surface area contributed by atoms with Gasteiger partial charge in [0.2, 0.25) is 0 Å². The molecule has 0 bridgehead atoms. The maximum Gasteiger partial charge on any atom is 0.126 e. The lowest BCUT2D eigenvalue weighted by molar-refractivity contribution is -0.125. The number of hydrogen-bond acceptors (Lipinski definition) is 2. The second-order valence-corrected chi connectivity index (χ2v) is 5.24. The van der Waals surface area contributed by atoms with Gasteiger partial charge in [0.05, 0.1) is 5.60 Å². The van der Waals surface area contributed by atoms with Crippen molar-refractivity contribution in [2.24, 2.45) is 0 Å². The molecule has 1 fully saturated rings. The molecule has 100 valence electrons. The zero-order valence-corrected chi connectivity index (χ0v) is 11.1. The molecular formula is C15H21FO2. The number of halogens is 1. The highest BCUT2D eigenvalue weighted by atomic mass is 19.1. The van der Waals surface area contributed by atoms with Crippen molar-refractivity contribution in [2.45, 2.75) is 50.7 Å². The number of hydrogen-bond donors (Lipinski definition) is 1. The number of methoxy groups -OCH3 is 1. The Morgan fingerprint density at radius 2 is 1.94 bits per heavy atom. The Hall–Kier alpha value is -0.930. The van der Waals surface area contributed by atoms with Gasteiger partial charge in [-0.3, -0.25) is 0 Å². The van der Waals surface area contributed by atoms with Gasteiger partial charge in [-0.15, -0.1) is 0 Å². The van der Waals surface area contributed by atoms with Gasteiger partial charge in [-0.25, -0.2) is 4.39 Å². The summed E-state index contributed by atoms with van der Waals surface area (Å²) >= 11 is 0.